The Labute approximate surface area is 129 Å². The summed E-state index contributed by atoms with van der Waals surface area (Å²) in [4.78, 5) is 2.35. The molecule has 0 amide bonds. The highest BCUT2D eigenvalue weighted by Gasteiger charge is 2.09. The number of likely N-dealkylation sites (N-methyl/N-ethyl adjacent to an activating group) is 1. The fourth-order valence-corrected chi connectivity index (χ4v) is 2.27. The fraction of sp³-hybridized carbons (Fsp3) is 0.375. The smallest absolute Gasteiger partial charge is 0.117 e. The molecule has 3 nitrogen and oxygen atoms in total. The molecule has 2 rings (SSSR count). The molecule has 0 radical (unpaired) electrons. The third-order valence-electron chi connectivity index (χ3n) is 3.42. The zero-order valence-electron chi connectivity index (χ0n) is 12.0. The van der Waals surface area contributed by atoms with E-state index in [-0.39, 0.29) is 0 Å². The maximum Gasteiger partial charge on any atom is 0.117 e. The lowest BCUT2D eigenvalue weighted by Crippen LogP contribution is -2.37. The van der Waals surface area contributed by atoms with Crippen LogP contribution in [0, 0.1) is 0 Å². The zero-order valence-corrected chi connectivity index (χ0v) is 13.6. The third-order valence-corrected chi connectivity index (χ3v) is 3.95. The van der Waals surface area contributed by atoms with Gasteiger partial charge in [-0.3, -0.25) is 4.90 Å². The number of hydrogen-bond acceptors (Lipinski definition) is 3. The van der Waals surface area contributed by atoms with Crippen LogP contribution in [-0.4, -0.2) is 24.5 Å². The molecule has 2 aromatic rings. The number of rotatable bonds is 7. The van der Waals surface area contributed by atoms with E-state index in [1.807, 2.05) is 12.1 Å². The van der Waals surface area contributed by atoms with Gasteiger partial charge in [0, 0.05) is 23.6 Å². The summed E-state index contributed by atoms with van der Waals surface area (Å²) in [6, 6.07) is 12.9. The predicted octanol–water partition coefficient (Wildman–Crippen LogP) is 3.65. The number of furan rings is 1. The maximum atomic E-state index is 5.30. The van der Waals surface area contributed by atoms with E-state index in [0.29, 0.717) is 6.04 Å². The van der Waals surface area contributed by atoms with E-state index in [9.17, 15) is 0 Å². The lowest BCUT2D eigenvalue weighted by molar-refractivity contribution is 0.241. The van der Waals surface area contributed by atoms with Crippen molar-refractivity contribution in [3.8, 4) is 0 Å². The van der Waals surface area contributed by atoms with Gasteiger partial charge in [0.25, 0.3) is 0 Å². The predicted molar refractivity (Wildman–Crippen MR) is 85.5 cm³/mol. The monoisotopic (exact) mass is 336 g/mol. The van der Waals surface area contributed by atoms with Crippen molar-refractivity contribution in [2.75, 3.05) is 13.6 Å². The molecule has 0 aliphatic heterocycles. The van der Waals surface area contributed by atoms with Gasteiger partial charge in [-0.2, -0.15) is 0 Å². The normalized spacial score (nSPS) is 12.8. The Kier molecular flexibility index (Phi) is 5.83. The van der Waals surface area contributed by atoms with Crippen molar-refractivity contribution in [1.29, 1.82) is 0 Å². The van der Waals surface area contributed by atoms with Gasteiger partial charge in [0.15, 0.2) is 0 Å². The molecule has 0 spiro atoms. The second-order valence-electron chi connectivity index (χ2n) is 5.10. The van der Waals surface area contributed by atoms with Crippen molar-refractivity contribution in [3.63, 3.8) is 0 Å². The topological polar surface area (TPSA) is 28.4 Å². The fourth-order valence-electron chi connectivity index (χ4n) is 2.01. The van der Waals surface area contributed by atoms with Gasteiger partial charge in [0.2, 0.25) is 0 Å². The molecule has 1 N–H and O–H groups in total. The standard InChI is InChI=1S/C16H21BrN2O/c1-13(10-18-11-16-4-3-9-20-16)19(2)12-14-5-7-15(17)8-6-14/h3-9,13,18H,10-12H2,1-2H3. The number of halogens is 1. The molecule has 1 atom stereocenters. The van der Waals surface area contributed by atoms with E-state index in [2.05, 4.69) is 64.4 Å². The van der Waals surface area contributed by atoms with Gasteiger partial charge >= 0.3 is 0 Å². The molecule has 0 bridgehead atoms. The molecule has 1 aromatic carbocycles. The largest absolute Gasteiger partial charge is 0.468 e. The highest BCUT2D eigenvalue weighted by atomic mass is 79.9. The van der Waals surface area contributed by atoms with E-state index in [4.69, 9.17) is 4.42 Å². The minimum Gasteiger partial charge on any atom is -0.468 e. The van der Waals surface area contributed by atoms with Crippen molar-refractivity contribution in [1.82, 2.24) is 10.2 Å². The SMILES string of the molecule is CC(CNCc1ccco1)N(C)Cc1ccc(Br)cc1. The Morgan fingerprint density at radius 1 is 1.25 bits per heavy atom. The summed E-state index contributed by atoms with van der Waals surface area (Å²) in [7, 11) is 2.15. The van der Waals surface area contributed by atoms with Crippen LogP contribution < -0.4 is 5.32 Å². The van der Waals surface area contributed by atoms with Crippen molar-refractivity contribution in [2.45, 2.75) is 26.1 Å². The van der Waals surface area contributed by atoms with Gasteiger partial charge in [-0.15, -0.1) is 0 Å². The highest BCUT2D eigenvalue weighted by Crippen LogP contribution is 2.12. The molecule has 1 heterocycles. The van der Waals surface area contributed by atoms with E-state index in [1.54, 1.807) is 6.26 Å². The van der Waals surface area contributed by atoms with Crippen LogP contribution in [0.15, 0.2) is 51.6 Å². The first kappa shape index (κ1) is 15.3. The summed E-state index contributed by atoms with van der Waals surface area (Å²) in [6.07, 6.45) is 1.71. The van der Waals surface area contributed by atoms with Crippen molar-refractivity contribution < 1.29 is 4.42 Å². The number of hydrogen-bond donors (Lipinski definition) is 1. The van der Waals surface area contributed by atoms with Crippen LogP contribution in [0.2, 0.25) is 0 Å². The molecule has 1 unspecified atom stereocenters. The first-order valence-electron chi connectivity index (χ1n) is 6.83. The van der Waals surface area contributed by atoms with Crippen molar-refractivity contribution in [3.05, 3.63) is 58.5 Å². The summed E-state index contributed by atoms with van der Waals surface area (Å²) < 4.78 is 6.42. The van der Waals surface area contributed by atoms with Gasteiger partial charge in [-0.25, -0.2) is 0 Å². The molecule has 0 fully saturated rings. The van der Waals surface area contributed by atoms with Crippen molar-refractivity contribution in [2.24, 2.45) is 0 Å². The highest BCUT2D eigenvalue weighted by molar-refractivity contribution is 9.10. The van der Waals surface area contributed by atoms with Gasteiger partial charge in [-0.1, -0.05) is 28.1 Å². The second-order valence-corrected chi connectivity index (χ2v) is 6.02. The number of nitrogens with zero attached hydrogens (tertiary/aromatic N) is 1. The molecular weight excluding hydrogens is 316 g/mol. The van der Waals surface area contributed by atoms with Crippen LogP contribution in [0.1, 0.15) is 18.2 Å². The first-order chi connectivity index (χ1) is 9.65. The zero-order chi connectivity index (χ0) is 14.4. The van der Waals surface area contributed by atoms with Gasteiger partial charge in [0.05, 0.1) is 12.8 Å². The van der Waals surface area contributed by atoms with Gasteiger partial charge in [0.1, 0.15) is 5.76 Å². The van der Waals surface area contributed by atoms with Crippen molar-refractivity contribution >= 4 is 15.9 Å². The summed E-state index contributed by atoms with van der Waals surface area (Å²) >= 11 is 3.46. The minimum absolute atomic E-state index is 0.466. The number of benzene rings is 1. The average Bonchev–Trinajstić information content (AvgIpc) is 2.94. The number of nitrogens with one attached hydrogen (secondary N) is 1. The lowest BCUT2D eigenvalue weighted by Gasteiger charge is -2.25. The summed E-state index contributed by atoms with van der Waals surface area (Å²) in [5.74, 6) is 0.979. The van der Waals surface area contributed by atoms with Gasteiger partial charge in [-0.05, 0) is 43.8 Å². The van der Waals surface area contributed by atoms with E-state index >= 15 is 0 Å². The first-order valence-corrected chi connectivity index (χ1v) is 7.62. The molecule has 0 aliphatic carbocycles. The average molecular weight is 337 g/mol. The second kappa shape index (κ2) is 7.62. The van der Waals surface area contributed by atoms with Crippen LogP contribution >= 0.6 is 15.9 Å². The molecule has 20 heavy (non-hydrogen) atoms. The van der Waals surface area contributed by atoms with Crippen LogP contribution in [-0.2, 0) is 13.1 Å². The minimum atomic E-state index is 0.466. The molecule has 0 aliphatic rings. The maximum absolute atomic E-state index is 5.30. The summed E-state index contributed by atoms with van der Waals surface area (Å²) in [5.41, 5.74) is 1.33. The molecule has 1 aromatic heterocycles. The Morgan fingerprint density at radius 2 is 2.00 bits per heavy atom. The Morgan fingerprint density at radius 3 is 2.65 bits per heavy atom. The molecule has 0 saturated heterocycles. The Balaban J connectivity index is 1.73. The lowest BCUT2D eigenvalue weighted by atomic mass is 10.2. The summed E-state index contributed by atoms with van der Waals surface area (Å²) in [6.45, 7) is 4.90. The third kappa shape index (κ3) is 4.78. The molecular formula is C16H21BrN2O. The molecule has 4 heteroatoms. The molecule has 108 valence electrons. The Hall–Kier alpha value is -1.10. The van der Waals surface area contributed by atoms with Crippen LogP contribution in [0.3, 0.4) is 0 Å². The van der Waals surface area contributed by atoms with Gasteiger partial charge < -0.3 is 9.73 Å². The summed E-state index contributed by atoms with van der Waals surface area (Å²) in [5, 5.41) is 3.42. The van der Waals surface area contributed by atoms with E-state index in [0.717, 1.165) is 29.9 Å². The quantitative estimate of drug-likeness (QED) is 0.836. The van der Waals surface area contributed by atoms with E-state index in [1.165, 1.54) is 5.56 Å². The van der Waals surface area contributed by atoms with Crippen LogP contribution in [0.4, 0.5) is 0 Å². The van der Waals surface area contributed by atoms with Crippen LogP contribution in [0.25, 0.3) is 0 Å². The van der Waals surface area contributed by atoms with E-state index < -0.39 is 0 Å². The Bertz CT molecular complexity index is 496. The molecule has 0 saturated carbocycles. The van der Waals surface area contributed by atoms with Crippen LogP contribution in [0.5, 0.6) is 0 Å².